The van der Waals surface area contributed by atoms with Gasteiger partial charge < -0.3 is 9.32 Å². The number of furan rings is 1. The molecule has 0 unspecified atom stereocenters. The molecule has 11 aromatic rings. The fourth-order valence-corrected chi connectivity index (χ4v) is 9.38. The van der Waals surface area contributed by atoms with Crippen LogP contribution in [0.25, 0.3) is 86.3 Å². The van der Waals surface area contributed by atoms with E-state index >= 15 is 0 Å². The maximum atomic E-state index is 6.43. The van der Waals surface area contributed by atoms with Crippen molar-refractivity contribution < 1.29 is 4.42 Å². The third-order valence-corrected chi connectivity index (χ3v) is 12.0. The summed E-state index contributed by atoms with van der Waals surface area (Å²) in [5.41, 5.74) is 12.1. The zero-order valence-electron chi connectivity index (χ0n) is 29.8. The molecule has 0 aliphatic carbocycles. The van der Waals surface area contributed by atoms with Crippen molar-refractivity contribution in [1.29, 1.82) is 0 Å². The van der Waals surface area contributed by atoms with E-state index in [9.17, 15) is 0 Å². The molecule has 9 aromatic carbocycles. The van der Waals surface area contributed by atoms with Gasteiger partial charge in [0.1, 0.15) is 11.2 Å². The van der Waals surface area contributed by atoms with Crippen molar-refractivity contribution in [3.05, 3.63) is 200 Å². The van der Waals surface area contributed by atoms with Crippen molar-refractivity contribution in [3.63, 3.8) is 0 Å². The van der Waals surface area contributed by atoms with Crippen LogP contribution in [0.1, 0.15) is 0 Å². The molecular weight excluding hydrogens is 687 g/mol. The van der Waals surface area contributed by atoms with Crippen LogP contribution in [0, 0.1) is 0 Å². The Bertz CT molecular complexity index is 3220. The van der Waals surface area contributed by atoms with Gasteiger partial charge in [-0.2, -0.15) is 0 Å². The van der Waals surface area contributed by atoms with Crippen LogP contribution >= 0.6 is 11.3 Å². The van der Waals surface area contributed by atoms with Gasteiger partial charge in [-0.15, -0.1) is 11.3 Å². The van der Waals surface area contributed by atoms with Crippen molar-refractivity contribution in [2.45, 2.75) is 0 Å². The number of thiophene rings is 1. The van der Waals surface area contributed by atoms with Gasteiger partial charge in [-0.1, -0.05) is 140 Å². The maximum Gasteiger partial charge on any atom is 0.137 e. The van der Waals surface area contributed by atoms with Gasteiger partial charge in [0.05, 0.1) is 5.69 Å². The fraction of sp³-hybridized carbons (Fsp3) is 0. The highest BCUT2D eigenvalue weighted by Crippen LogP contribution is 2.45. The second-order valence-corrected chi connectivity index (χ2v) is 15.2. The smallest absolute Gasteiger partial charge is 0.137 e. The van der Waals surface area contributed by atoms with E-state index in [-0.39, 0.29) is 0 Å². The molecule has 2 nitrogen and oxygen atoms in total. The first-order valence-corrected chi connectivity index (χ1v) is 19.5. The number of benzene rings is 9. The lowest BCUT2D eigenvalue weighted by atomic mass is 9.95. The molecule has 0 amide bonds. The summed E-state index contributed by atoms with van der Waals surface area (Å²) in [5.74, 6) is 0. The molecule has 0 atom stereocenters. The second kappa shape index (κ2) is 12.9. The highest BCUT2D eigenvalue weighted by Gasteiger charge is 2.20. The zero-order valence-corrected chi connectivity index (χ0v) is 30.6. The predicted molar refractivity (Wildman–Crippen MR) is 235 cm³/mol. The van der Waals surface area contributed by atoms with Gasteiger partial charge in [-0.25, -0.2) is 0 Å². The Kier molecular flexibility index (Phi) is 7.39. The SMILES string of the molecule is c1cc(-c2ccc(N(c3ccc4c(c3)oc3ccccc34)c3ccccc3-c3ccc4c(c3)sc3ccccc34)cc2)cc(-c2cccc3ccccc23)c1. The molecule has 2 heterocycles. The summed E-state index contributed by atoms with van der Waals surface area (Å²) in [6.07, 6.45) is 0. The molecule has 0 saturated carbocycles. The van der Waals surface area contributed by atoms with Gasteiger partial charge in [0.2, 0.25) is 0 Å². The molecule has 0 aliphatic rings. The Morgan fingerprint density at radius 3 is 1.89 bits per heavy atom. The lowest BCUT2D eigenvalue weighted by Crippen LogP contribution is -2.11. The van der Waals surface area contributed by atoms with Crippen LogP contribution in [0.15, 0.2) is 205 Å². The quantitative estimate of drug-likeness (QED) is 0.170. The lowest BCUT2D eigenvalue weighted by Gasteiger charge is -2.28. The monoisotopic (exact) mass is 719 g/mol. The van der Waals surface area contributed by atoms with Crippen molar-refractivity contribution in [2.75, 3.05) is 4.90 Å². The van der Waals surface area contributed by atoms with Gasteiger partial charge in [0, 0.05) is 53.9 Å². The van der Waals surface area contributed by atoms with Crippen molar-refractivity contribution >= 4 is 81.3 Å². The number of anilines is 3. The summed E-state index contributed by atoms with van der Waals surface area (Å²) in [5, 5.41) is 7.37. The van der Waals surface area contributed by atoms with Crippen LogP contribution in [0.5, 0.6) is 0 Å². The number of hydrogen-bond donors (Lipinski definition) is 0. The van der Waals surface area contributed by atoms with E-state index in [2.05, 4.69) is 193 Å². The first-order chi connectivity index (χ1) is 27.2. The lowest BCUT2D eigenvalue weighted by molar-refractivity contribution is 0.669. The summed E-state index contributed by atoms with van der Waals surface area (Å²) in [6.45, 7) is 0. The Labute approximate surface area is 322 Å². The first-order valence-electron chi connectivity index (χ1n) is 18.7. The molecule has 0 fully saturated rings. The molecule has 3 heteroatoms. The molecule has 0 saturated heterocycles. The van der Waals surface area contributed by atoms with Crippen LogP contribution in [-0.2, 0) is 0 Å². The Morgan fingerprint density at radius 1 is 0.345 bits per heavy atom. The van der Waals surface area contributed by atoms with Gasteiger partial charge >= 0.3 is 0 Å². The highest BCUT2D eigenvalue weighted by molar-refractivity contribution is 7.25. The van der Waals surface area contributed by atoms with Gasteiger partial charge in [0.15, 0.2) is 0 Å². The highest BCUT2D eigenvalue weighted by atomic mass is 32.1. The Hall–Kier alpha value is -6.94. The summed E-state index contributed by atoms with van der Waals surface area (Å²) in [6, 6.07) is 72.2. The summed E-state index contributed by atoms with van der Waals surface area (Å²) in [7, 11) is 0. The van der Waals surface area contributed by atoms with Gasteiger partial charge in [-0.3, -0.25) is 0 Å². The van der Waals surface area contributed by atoms with Crippen molar-refractivity contribution in [2.24, 2.45) is 0 Å². The number of nitrogens with zero attached hydrogens (tertiary/aromatic N) is 1. The average Bonchev–Trinajstić information content (AvgIpc) is 3.82. The van der Waals surface area contributed by atoms with Gasteiger partial charge in [-0.05, 0) is 93.2 Å². The summed E-state index contributed by atoms with van der Waals surface area (Å²) in [4.78, 5) is 2.37. The average molecular weight is 720 g/mol. The van der Waals surface area contributed by atoms with Crippen LogP contribution in [0.3, 0.4) is 0 Å². The van der Waals surface area contributed by atoms with Crippen LogP contribution in [0.2, 0.25) is 0 Å². The van der Waals surface area contributed by atoms with Crippen LogP contribution in [-0.4, -0.2) is 0 Å². The van der Waals surface area contributed by atoms with E-state index in [0.717, 1.165) is 39.0 Å². The van der Waals surface area contributed by atoms with E-state index in [0.29, 0.717) is 0 Å². The Morgan fingerprint density at radius 2 is 0.964 bits per heavy atom. The molecule has 258 valence electrons. The Balaban J connectivity index is 1.04. The van der Waals surface area contributed by atoms with E-state index in [1.165, 1.54) is 64.3 Å². The number of rotatable bonds is 6. The molecule has 2 aromatic heterocycles. The van der Waals surface area contributed by atoms with Crippen molar-refractivity contribution in [1.82, 2.24) is 0 Å². The zero-order chi connectivity index (χ0) is 36.3. The van der Waals surface area contributed by atoms with E-state index in [1.807, 2.05) is 23.5 Å². The predicted octanol–water partition coefficient (Wildman–Crippen LogP) is 15.6. The molecule has 0 bridgehead atoms. The van der Waals surface area contributed by atoms with Crippen LogP contribution < -0.4 is 4.90 Å². The first kappa shape index (κ1) is 31.6. The fourth-order valence-electron chi connectivity index (χ4n) is 8.23. The van der Waals surface area contributed by atoms with E-state index in [4.69, 9.17) is 4.42 Å². The number of para-hydroxylation sites is 2. The summed E-state index contributed by atoms with van der Waals surface area (Å²) < 4.78 is 9.04. The topological polar surface area (TPSA) is 16.4 Å². The normalized spacial score (nSPS) is 11.6. The standard InChI is InChI=1S/C52H33NOS/c1-2-15-41-35(11-1)12-10-19-42(41)37-14-9-13-36(31-37)34-23-26-39(27-24-34)53(40-28-30-45-44-17-4-7-21-49(44)54-50(45)33-40)48-20-6-3-16-43(48)38-25-29-47-46-18-5-8-22-51(46)55-52(47)32-38/h1-33H. The van der Waals surface area contributed by atoms with Crippen LogP contribution in [0.4, 0.5) is 17.1 Å². The largest absolute Gasteiger partial charge is 0.456 e. The third kappa shape index (κ3) is 5.40. The minimum atomic E-state index is 0.870. The molecule has 0 spiro atoms. The number of fused-ring (bicyclic) bond motifs is 7. The molecule has 0 aliphatic heterocycles. The second-order valence-electron chi connectivity index (χ2n) is 14.1. The molecule has 0 N–H and O–H groups in total. The molecule has 0 radical (unpaired) electrons. The maximum absolute atomic E-state index is 6.43. The van der Waals surface area contributed by atoms with E-state index in [1.54, 1.807) is 0 Å². The minimum Gasteiger partial charge on any atom is -0.456 e. The minimum absolute atomic E-state index is 0.870. The molecule has 11 rings (SSSR count). The third-order valence-electron chi connectivity index (χ3n) is 10.9. The number of hydrogen-bond acceptors (Lipinski definition) is 3. The van der Waals surface area contributed by atoms with E-state index < -0.39 is 0 Å². The van der Waals surface area contributed by atoms with Crippen molar-refractivity contribution in [3.8, 4) is 33.4 Å². The molecular formula is C52H33NOS. The van der Waals surface area contributed by atoms with Gasteiger partial charge in [0.25, 0.3) is 0 Å². The summed E-state index contributed by atoms with van der Waals surface area (Å²) >= 11 is 1.85. The molecule has 55 heavy (non-hydrogen) atoms.